The maximum absolute atomic E-state index is 9.44. The number of hydrogen-bond donors (Lipinski definition) is 1. The average molecular weight is 457 g/mol. The van der Waals surface area contributed by atoms with E-state index in [0.29, 0.717) is 13.2 Å². The lowest BCUT2D eigenvalue weighted by atomic mass is 10.2. The zero-order valence-corrected chi connectivity index (χ0v) is 17.9. The lowest BCUT2D eigenvalue weighted by Gasteiger charge is -1.91. The highest BCUT2D eigenvalue weighted by atomic mass is 16.5. The molecule has 1 aromatic rings. The topological polar surface area (TPSA) is 65.0 Å². The molecule has 0 aliphatic rings. The van der Waals surface area contributed by atoms with Gasteiger partial charge in [0.05, 0.1) is 13.2 Å². The molecule has 0 spiro atoms. The first kappa shape index (κ1) is 63.0. The summed E-state index contributed by atoms with van der Waals surface area (Å²) in [6, 6.07) is 8.48. The summed E-state index contributed by atoms with van der Waals surface area (Å²) in [5.41, 5.74) is 2.66. The molecule has 5 heteroatoms. The number of ether oxygens (including phenoxy) is 3. The maximum atomic E-state index is 9.44. The van der Waals surface area contributed by atoms with Gasteiger partial charge in [-0.2, -0.15) is 0 Å². The summed E-state index contributed by atoms with van der Waals surface area (Å²) >= 11 is 0. The van der Waals surface area contributed by atoms with Crippen molar-refractivity contribution < 1.29 is 24.1 Å². The quantitative estimate of drug-likeness (QED) is 0.473. The Morgan fingerprint density at radius 1 is 0.742 bits per heavy atom. The Labute approximate surface area is 199 Å². The molecule has 0 amide bonds. The van der Waals surface area contributed by atoms with E-state index in [9.17, 15) is 4.79 Å². The van der Waals surface area contributed by atoms with Crippen LogP contribution in [0.2, 0.25) is 0 Å². The van der Waals surface area contributed by atoms with Crippen LogP contribution >= 0.6 is 0 Å². The van der Waals surface area contributed by atoms with E-state index in [2.05, 4.69) is 52.3 Å². The number of rotatable bonds is 3. The summed E-state index contributed by atoms with van der Waals surface area (Å²) in [7, 11) is 6.55. The van der Waals surface area contributed by atoms with E-state index in [4.69, 9.17) is 5.11 Å². The Hall–Kier alpha value is -1.27. The molecule has 0 aromatic heterocycles. The largest absolute Gasteiger partial charge is 0.394 e. The standard InChI is InChI=1S/C8H10.C4H10O2.C3H8O.C3H6O.C2H6O.6CH4/c1-7-3-5-8(2)6-4-7;1-5-3-4-6-2;2*1-3(2)4;1-3-2;;;;;;/h3-6H,1-2H3;3-4H2,1-2H3;3-4H,1-2H3;1-2H3;1-2H3;6*1H4. The van der Waals surface area contributed by atoms with Crippen molar-refractivity contribution in [2.75, 3.05) is 41.7 Å². The molecule has 0 bridgehead atoms. The highest BCUT2D eigenvalue weighted by Gasteiger charge is 1.79. The van der Waals surface area contributed by atoms with Crippen LogP contribution in [0, 0.1) is 13.8 Å². The number of benzene rings is 1. The van der Waals surface area contributed by atoms with Gasteiger partial charge in [0, 0.05) is 34.5 Å². The number of Topliss-reactive ketones (excluding diaryl/α,β-unsaturated/α-hetero) is 1. The molecule has 0 atom stereocenters. The minimum absolute atomic E-state index is 0. The summed E-state index contributed by atoms with van der Waals surface area (Å²) in [6.45, 7) is 12.1. The summed E-state index contributed by atoms with van der Waals surface area (Å²) in [5.74, 6) is 0.167. The van der Waals surface area contributed by atoms with Crippen LogP contribution in [-0.4, -0.2) is 58.6 Å². The minimum Gasteiger partial charge on any atom is -0.394 e. The lowest BCUT2D eigenvalue weighted by molar-refractivity contribution is -0.115. The van der Waals surface area contributed by atoms with E-state index in [1.54, 1.807) is 42.3 Å². The van der Waals surface area contributed by atoms with Gasteiger partial charge in [-0.3, -0.25) is 0 Å². The highest BCUT2D eigenvalue weighted by molar-refractivity contribution is 5.72. The number of aliphatic hydroxyl groups excluding tert-OH is 1. The van der Waals surface area contributed by atoms with Crippen molar-refractivity contribution in [1.82, 2.24) is 0 Å². The molecule has 5 nitrogen and oxygen atoms in total. The number of hydrogen-bond acceptors (Lipinski definition) is 5. The summed E-state index contributed by atoms with van der Waals surface area (Å²) < 4.78 is 13.6. The first-order valence-electron chi connectivity index (χ1n) is 8.15. The molecule has 31 heavy (non-hydrogen) atoms. The number of methoxy groups -OCH3 is 3. The van der Waals surface area contributed by atoms with Crippen molar-refractivity contribution in [1.29, 1.82) is 0 Å². The molecule has 0 radical (unpaired) electrons. The van der Waals surface area contributed by atoms with Gasteiger partial charge in [0.2, 0.25) is 0 Å². The Balaban J connectivity index is -0.0000000221. The van der Waals surface area contributed by atoms with Crippen molar-refractivity contribution in [3.8, 4) is 0 Å². The number of carbonyl (C=O) groups excluding carboxylic acids is 1. The Kier molecular flexibility index (Phi) is 115. The van der Waals surface area contributed by atoms with Gasteiger partial charge in [0.25, 0.3) is 0 Å². The zero-order valence-electron chi connectivity index (χ0n) is 17.9. The van der Waals surface area contributed by atoms with Gasteiger partial charge in [0.15, 0.2) is 0 Å². The van der Waals surface area contributed by atoms with Crippen molar-refractivity contribution >= 4 is 5.78 Å². The number of ketones is 1. The molecular weight excluding hydrogens is 392 g/mol. The summed E-state index contributed by atoms with van der Waals surface area (Å²) in [6.07, 6.45) is -0.167. The fraction of sp³-hybridized carbons (Fsp3) is 0.731. The van der Waals surface area contributed by atoms with Crippen molar-refractivity contribution in [2.24, 2.45) is 0 Å². The molecule has 198 valence electrons. The van der Waals surface area contributed by atoms with E-state index >= 15 is 0 Å². The van der Waals surface area contributed by atoms with E-state index < -0.39 is 0 Å². The van der Waals surface area contributed by atoms with E-state index in [1.165, 1.54) is 25.0 Å². The van der Waals surface area contributed by atoms with Gasteiger partial charge in [-0.15, -0.1) is 0 Å². The Bertz CT molecular complexity index is 318. The molecule has 1 aromatic carbocycles. The van der Waals surface area contributed by atoms with Gasteiger partial charge in [-0.1, -0.05) is 80.0 Å². The number of aliphatic hydroxyl groups is 1. The van der Waals surface area contributed by atoms with E-state index in [0.717, 1.165) is 0 Å². The molecule has 0 aliphatic carbocycles. The summed E-state index contributed by atoms with van der Waals surface area (Å²) in [4.78, 5) is 9.44. The van der Waals surface area contributed by atoms with Crippen LogP contribution < -0.4 is 0 Å². The molecule has 0 saturated carbocycles. The van der Waals surface area contributed by atoms with Gasteiger partial charge >= 0.3 is 0 Å². The van der Waals surface area contributed by atoms with E-state index in [-0.39, 0.29) is 56.4 Å². The van der Waals surface area contributed by atoms with Crippen molar-refractivity contribution in [2.45, 2.75) is 92.2 Å². The van der Waals surface area contributed by atoms with Crippen LogP contribution in [0.1, 0.15) is 83.4 Å². The molecule has 0 aliphatic heterocycles. The molecule has 1 rings (SSSR count). The predicted molar refractivity (Wildman–Crippen MR) is 147 cm³/mol. The Morgan fingerprint density at radius 3 is 0.968 bits per heavy atom. The summed E-state index contributed by atoms with van der Waals surface area (Å²) in [5, 5.41) is 8.06. The number of aryl methyl sites for hydroxylation is 2. The van der Waals surface area contributed by atoms with Gasteiger partial charge in [-0.25, -0.2) is 0 Å². The first-order chi connectivity index (χ1) is 11.6. The normalized spacial score (nSPS) is 6.71. The molecule has 0 unspecified atom stereocenters. The van der Waals surface area contributed by atoms with Gasteiger partial charge in [-0.05, 0) is 41.5 Å². The van der Waals surface area contributed by atoms with Gasteiger partial charge < -0.3 is 24.1 Å². The fourth-order valence-electron chi connectivity index (χ4n) is 0.804. The molecule has 0 heterocycles. The molecule has 0 saturated heterocycles. The molecule has 0 fully saturated rings. The third-order valence-electron chi connectivity index (χ3n) is 1.71. The minimum atomic E-state index is -0.167. The van der Waals surface area contributed by atoms with E-state index in [1.807, 2.05) is 0 Å². The van der Waals surface area contributed by atoms with Crippen LogP contribution in [0.15, 0.2) is 24.3 Å². The molecular formula is C26H64O5. The number of carbonyl (C=O) groups is 1. The van der Waals surface area contributed by atoms with Gasteiger partial charge in [0.1, 0.15) is 5.78 Å². The van der Waals surface area contributed by atoms with Crippen LogP contribution in [0.3, 0.4) is 0 Å². The monoisotopic (exact) mass is 456 g/mol. The smallest absolute Gasteiger partial charge is 0.126 e. The maximum Gasteiger partial charge on any atom is 0.126 e. The van der Waals surface area contributed by atoms with Crippen molar-refractivity contribution in [3.05, 3.63) is 35.4 Å². The van der Waals surface area contributed by atoms with Crippen LogP contribution in [-0.2, 0) is 19.0 Å². The zero-order chi connectivity index (χ0) is 20.7. The average Bonchev–Trinajstić information content (AvgIpc) is 2.48. The second-order valence-corrected chi connectivity index (χ2v) is 5.55. The molecule has 1 N–H and O–H groups in total. The SMILES string of the molecule is C.C.C.C.C.C.CC(C)=O.CC(C)O.COC.COCCOC.Cc1ccc(C)cc1. The Morgan fingerprint density at radius 2 is 0.871 bits per heavy atom. The van der Waals surface area contributed by atoms with Crippen LogP contribution in [0.4, 0.5) is 0 Å². The second-order valence-electron chi connectivity index (χ2n) is 5.55. The lowest BCUT2D eigenvalue weighted by Crippen LogP contribution is -1.96. The van der Waals surface area contributed by atoms with Crippen LogP contribution in [0.5, 0.6) is 0 Å². The highest BCUT2D eigenvalue weighted by Crippen LogP contribution is 1.99. The van der Waals surface area contributed by atoms with Crippen LogP contribution in [0.25, 0.3) is 0 Å². The third-order valence-corrected chi connectivity index (χ3v) is 1.71. The predicted octanol–water partition coefficient (Wildman–Crippen LogP) is 7.64. The second kappa shape index (κ2) is 56.8. The van der Waals surface area contributed by atoms with Crippen molar-refractivity contribution in [3.63, 3.8) is 0 Å². The fourth-order valence-corrected chi connectivity index (χ4v) is 0.804. The first-order valence-corrected chi connectivity index (χ1v) is 8.15. The third kappa shape index (κ3) is 149.